The van der Waals surface area contributed by atoms with Gasteiger partial charge in [-0.25, -0.2) is 4.39 Å². The van der Waals surface area contributed by atoms with Crippen LogP contribution in [0.3, 0.4) is 0 Å². The quantitative estimate of drug-likeness (QED) is 0.861. The molecule has 0 aliphatic carbocycles. The van der Waals surface area contributed by atoms with Gasteiger partial charge in [-0.3, -0.25) is 0 Å². The van der Waals surface area contributed by atoms with Crippen molar-refractivity contribution >= 4 is 15.9 Å². The zero-order valence-electron chi connectivity index (χ0n) is 12.0. The van der Waals surface area contributed by atoms with Gasteiger partial charge >= 0.3 is 0 Å². The SMILES string of the molecule is CCN(CC)CC(N)c1noc(-c2ccc(Br)c(F)c2)n1. The Hall–Kier alpha value is -1.31. The molecule has 0 bridgehead atoms. The average Bonchev–Trinajstić information content (AvgIpc) is 2.97. The lowest BCUT2D eigenvalue weighted by molar-refractivity contribution is 0.278. The molecule has 0 amide bonds. The summed E-state index contributed by atoms with van der Waals surface area (Å²) in [6.07, 6.45) is 0. The number of hydrogen-bond acceptors (Lipinski definition) is 5. The average molecular weight is 357 g/mol. The lowest BCUT2D eigenvalue weighted by Gasteiger charge is -2.20. The fourth-order valence-corrected chi connectivity index (χ4v) is 2.22. The molecule has 114 valence electrons. The first-order valence-corrected chi connectivity index (χ1v) is 7.61. The Morgan fingerprint density at radius 2 is 2.10 bits per heavy atom. The number of nitrogens with two attached hydrogens (primary N) is 1. The van der Waals surface area contributed by atoms with Gasteiger partial charge in [-0.2, -0.15) is 4.98 Å². The van der Waals surface area contributed by atoms with Gasteiger partial charge in [0.1, 0.15) is 5.82 Å². The van der Waals surface area contributed by atoms with E-state index in [1.165, 1.54) is 6.07 Å². The predicted octanol–water partition coefficient (Wildman–Crippen LogP) is 2.98. The number of aromatic nitrogens is 2. The van der Waals surface area contributed by atoms with Gasteiger partial charge in [-0.05, 0) is 47.2 Å². The molecule has 1 aromatic heterocycles. The molecule has 0 aliphatic heterocycles. The summed E-state index contributed by atoms with van der Waals surface area (Å²) in [7, 11) is 0. The molecule has 2 aromatic rings. The zero-order chi connectivity index (χ0) is 15.4. The smallest absolute Gasteiger partial charge is 0.258 e. The van der Waals surface area contributed by atoms with Gasteiger partial charge in [0.05, 0.1) is 10.5 Å². The highest BCUT2D eigenvalue weighted by molar-refractivity contribution is 9.10. The molecule has 0 saturated carbocycles. The van der Waals surface area contributed by atoms with E-state index >= 15 is 0 Å². The van der Waals surface area contributed by atoms with Crippen LogP contribution in [-0.2, 0) is 0 Å². The fraction of sp³-hybridized carbons (Fsp3) is 0.429. The lowest BCUT2D eigenvalue weighted by atomic mass is 10.2. The Balaban J connectivity index is 2.15. The van der Waals surface area contributed by atoms with Gasteiger partial charge < -0.3 is 15.2 Å². The van der Waals surface area contributed by atoms with Crippen molar-refractivity contribution in [3.63, 3.8) is 0 Å². The lowest BCUT2D eigenvalue weighted by Crippen LogP contribution is -2.32. The number of halogens is 2. The largest absolute Gasteiger partial charge is 0.334 e. The van der Waals surface area contributed by atoms with Crippen LogP contribution < -0.4 is 5.73 Å². The monoisotopic (exact) mass is 356 g/mol. The van der Waals surface area contributed by atoms with Crippen molar-refractivity contribution in [1.29, 1.82) is 0 Å². The molecule has 0 spiro atoms. The van der Waals surface area contributed by atoms with Crippen molar-refractivity contribution in [2.75, 3.05) is 19.6 Å². The maximum atomic E-state index is 13.5. The van der Waals surface area contributed by atoms with Crippen LogP contribution in [0.4, 0.5) is 4.39 Å². The Morgan fingerprint density at radius 1 is 1.38 bits per heavy atom. The summed E-state index contributed by atoms with van der Waals surface area (Å²) in [5.74, 6) is 0.325. The molecule has 7 heteroatoms. The van der Waals surface area contributed by atoms with E-state index in [4.69, 9.17) is 10.3 Å². The number of hydrogen-bond donors (Lipinski definition) is 1. The minimum atomic E-state index is -0.375. The molecule has 1 unspecified atom stereocenters. The molecule has 1 aromatic carbocycles. The van der Waals surface area contributed by atoms with Crippen LogP contribution in [-0.4, -0.2) is 34.7 Å². The molecule has 1 atom stereocenters. The first-order valence-electron chi connectivity index (χ1n) is 6.82. The van der Waals surface area contributed by atoms with Gasteiger partial charge in [0.25, 0.3) is 5.89 Å². The number of rotatable bonds is 6. The predicted molar refractivity (Wildman–Crippen MR) is 82.1 cm³/mol. The third kappa shape index (κ3) is 3.87. The highest BCUT2D eigenvalue weighted by atomic mass is 79.9. The number of nitrogens with zero attached hydrogens (tertiary/aromatic N) is 3. The van der Waals surface area contributed by atoms with E-state index in [0.717, 1.165) is 13.1 Å². The van der Waals surface area contributed by atoms with E-state index < -0.39 is 0 Å². The Morgan fingerprint density at radius 3 is 2.71 bits per heavy atom. The van der Waals surface area contributed by atoms with Crippen LogP contribution >= 0.6 is 15.9 Å². The minimum absolute atomic E-state index is 0.270. The second kappa shape index (κ2) is 7.11. The Bertz CT molecular complexity index is 600. The number of benzene rings is 1. The summed E-state index contributed by atoms with van der Waals surface area (Å²) in [5.41, 5.74) is 6.62. The standard InChI is InChI=1S/C14H18BrFN4O/c1-3-20(4-2)8-12(17)13-18-14(21-19-13)9-5-6-10(15)11(16)7-9/h5-7,12H,3-4,8,17H2,1-2H3. The molecule has 5 nitrogen and oxygen atoms in total. The highest BCUT2D eigenvalue weighted by Crippen LogP contribution is 2.24. The normalized spacial score (nSPS) is 12.9. The first-order chi connectivity index (χ1) is 10.0. The van der Waals surface area contributed by atoms with Crippen molar-refractivity contribution in [3.05, 3.63) is 34.3 Å². The van der Waals surface area contributed by atoms with Crippen molar-refractivity contribution in [2.24, 2.45) is 5.73 Å². The molecular formula is C14H18BrFN4O. The van der Waals surface area contributed by atoms with Crippen molar-refractivity contribution < 1.29 is 8.91 Å². The van der Waals surface area contributed by atoms with Crippen LogP contribution in [0.2, 0.25) is 0 Å². The molecular weight excluding hydrogens is 339 g/mol. The van der Waals surface area contributed by atoms with Crippen LogP contribution in [0.25, 0.3) is 11.5 Å². The van der Waals surface area contributed by atoms with E-state index in [1.807, 2.05) is 0 Å². The van der Waals surface area contributed by atoms with E-state index in [0.29, 0.717) is 22.4 Å². The summed E-state index contributed by atoms with van der Waals surface area (Å²) in [6.45, 7) is 6.62. The third-order valence-electron chi connectivity index (χ3n) is 3.29. The molecule has 1 heterocycles. The van der Waals surface area contributed by atoms with Gasteiger partial charge in [-0.15, -0.1) is 0 Å². The maximum Gasteiger partial charge on any atom is 0.258 e. The Labute approximate surface area is 131 Å². The Kier molecular flexibility index (Phi) is 5.44. The van der Waals surface area contributed by atoms with Crippen LogP contribution in [0.1, 0.15) is 25.7 Å². The molecule has 0 saturated heterocycles. The van der Waals surface area contributed by atoms with Crippen LogP contribution in [0, 0.1) is 5.82 Å². The molecule has 0 aliphatic rings. The van der Waals surface area contributed by atoms with Crippen LogP contribution in [0.15, 0.2) is 27.2 Å². The topological polar surface area (TPSA) is 68.2 Å². The zero-order valence-corrected chi connectivity index (χ0v) is 13.6. The second-order valence-corrected chi connectivity index (χ2v) is 5.53. The highest BCUT2D eigenvalue weighted by Gasteiger charge is 2.18. The molecule has 0 fully saturated rings. The summed E-state index contributed by atoms with van der Waals surface area (Å²) in [6, 6.07) is 4.32. The molecule has 21 heavy (non-hydrogen) atoms. The molecule has 2 N–H and O–H groups in total. The van der Waals surface area contributed by atoms with Gasteiger partial charge in [0.2, 0.25) is 0 Å². The summed E-state index contributed by atoms with van der Waals surface area (Å²) in [5, 5.41) is 3.89. The molecule has 0 radical (unpaired) electrons. The van der Waals surface area contributed by atoms with Crippen LogP contribution in [0.5, 0.6) is 0 Å². The second-order valence-electron chi connectivity index (χ2n) is 4.68. The maximum absolute atomic E-state index is 13.5. The van der Waals surface area contributed by atoms with Crippen molar-refractivity contribution in [3.8, 4) is 11.5 Å². The van der Waals surface area contributed by atoms with Crippen molar-refractivity contribution in [1.82, 2.24) is 15.0 Å². The van der Waals surface area contributed by atoms with E-state index in [1.54, 1.807) is 12.1 Å². The number of likely N-dealkylation sites (N-methyl/N-ethyl adjacent to an activating group) is 1. The fourth-order valence-electron chi connectivity index (χ4n) is 1.97. The summed E-state index contributed by atoms with van der Waals surface area (Å²) >= 11 is 3.11. The van der Waals surface area contributed by atoms with Gasteiger partial charge in [-0.1, -0.05) is 19.0 Å². The van der Waals surface area contributed by atoms with E-state index in [-0.39, 0.29) is 17.7 Å². The third-order valence-corrected chi connectivity index (χ3v) is 3.93. The minimum Gasteiger partial charge on any atom is -0.334 e. The first kappa shape index (κ1) is 16.1. The van der Waals surface area contributed by atoms with Gasteiger partial charge in [0, 0.05) is 12.1 Å². The van der Waals surface area contributed by atoms with E-state index in [2.05, 4.69) is 44.8 Å². The summed E-state index contributed by atoms with van der Waals surface area (Å²) < 4.78 is 19.1. The van der Waals surface area contributed by atoms with E-state index in [9.17, 15) is 4.39 Å². The summed E-state index contributed by atoms with van der Waals surface area (Å²) in [4.78, 5) is 6.44. The molecule has 2 rings (SSSR count). The van der Waals surface area contributed by atoms with Gasteiger partial charge in [0.15, 0.2) is 5.82 Å². The van der Waals surface area contributed by atoms with Crippen molar-refractivity contribution in [2.45, 2.75) is 19.9 Å².